The lowest BCUT2D eigenvalue weighted by molar-refractivity contribution is -0.136. The van der Waals surface area contributed by atoms with Crippen molar-refractivity contribution in [1.29, 1.82) is 0 Å². The maximum Gasteiger partial charge on any atom is 0.303 e. The first-order valence-corrected chi connectivity index (χ1v) is 5.37. The summed E-state index contributed by atoms with van der Waals surface area (Å²) in [7, 11) is 0. The van der Waals surface area contributed by atoms with E-state index in [1.807, 2.05) is 0 Å². The standard InChI is InChI=1S/C10H8BrFO4/c11-9-5(1-2-8(13)14)6(12)3-7-10(9)16-4-15-7/h3H,1-2,4H2,(H,13,14). The lowest BCUT2D eigenvalue weighted by Crippen LogP contribution is -2.00. The van der Waals surface area contributed by atoms with Gasteiger partial charge in [0.1, 0.15) is 5.82 Å². The average molecular weight is 291 g/mol. The summed E-state index contributed by atoms with van der Waals surface area (Å²) in [6.07, 6.45) is -0.0203. The van der Waals surface area contributed by atoms with Gasteiger partial charge < -0.3 is 14.6 Å². The quantitative estimate of drug-likeness (QED) is 0.928. The Hall–Kier alpha value is -1.30. The summed E-state index contributed by atoms with van der Waals surface area (Å²) >= 11 is 3.20. The van der Waals surface area contributed by atoms with E-state index in [1.54, 1.807) is 0 Å². The van der Waals surface area contributed by atoms with E-state index in [1.165, 1.54) is 6.07 Å². The highest BCUT2D eigenvalue weighted by Gasteiger charge is 2.23. The van der Waals surface area contributed by atoms with E-state index in [-0.39, 0.29) is 19.6 Å². The molecule has 86 valence electrons. The van der Waals surface area contributed by atoms with Gasteiger partial charge in [0, 0.05) is 18.1 Å². The molecule has 0 fully saturated rings. The normalized spacial score (nSPS) is 12.9. The van der Waals surface area contributed by atoms with Gasteiger partial charge in [-0.3, -0.25) is 4.79 Å². The molecule has 1 aromatic rings. The first-order chi connectivity index (χ1) is 7.59. The highest BCUT2D eigenvalue weighted by atomic mass is 79.9. The SMILES string of the molecule is O=C(O)CCc1c(F)cc2c(c1Br)OCO2. The number of hydrogen-bond acceptors (Lipinski definition) is 3. The number of halogens is 2. The minimum atomic E-state index is -0.969. The van der Waals surface area contributed by atoms with Crippen LogP contribution in [0.2, 0.25) is 0 Å². The third kappa shape index (κ3) is 1.97. The van der Waals surface area contributed by atoms with Crippen LogP contribution in [0.15, 0.2) is 10.5 Å². The Morgan fingerprint density at radius 1 is 1.56 bits per heavy atom. The molecule has 1 N–H and O–H groups in total. The highest BCUT2D eigenvalue weighted by molar-refractivity contribution is 9.10. The van der Waals surface area contributed by atoms with Crippen molar-refractivity contribution in [2.75, 3.05) is 6.79 Å². The van der Waals surface area contributed by atoms with Gasteiger partial charge in [0.25, 0.3) is 0 Å². The number of carbonyl (C=O) groups is 1. The second-order valence-electron chi connectivity index (χ2n) is 3.28. The van der Waals surface area contributed by atoms with Crippen molar-refractivity contribution in [3.63, 3.8) is 0 Å². The number of ether oxygens (including phenoxy) is 2. The van der Waals surface area contributed by atoms with Gasteiger partial charge in [-0.2, -0.15) is 0 Å². The van der Waals surface area contributed by atoms with E-state index in [4.69, 9.17) is 14.6 Å². The van der Waals surface area contributed by atoms with Crippen molar-refractivity contribution in [2.24, 2.45) is 0 Å². The maximum atomic E-state index is 13.6. The second-order valence-corrected chi connectivity index (χ2v) is 4.07. The first-order valence-electron chi connectivity index (χ1n) is 4.58. The van der Waals surface area contributed by atoms with Crippen molar-refractivity contribution in [3.05, 3.63) is 21.9 Å². The molecule has 4 nitrogen and oxygen atoms in total. The van der Waals surface area contributed by atoms with E-state index in [0.29, 0.717) is 21.5 Å². The molecule has 6 heteroatoms. The molecule has 1 heterocycles. The molecule has 0 saturated carbocycles. The topological polar surface area (TPSA) is 55.8 Å². The summed E-state index contributed by atoms with van der Waals surface area (Å²) in [5.41, 5.74) is 0.298. The number of aliphatic carboxylic acids is 1. The molecule has 1 aliphatic heterocycles. The molecule has 0 saturated heterocycles. The van der Waals surface area contributed by atoms with Crippen LogP contribution in [-0.4, -0.2) is 17.9 Å². The molecular weight excluding hydrogens is 283 g/mol. The van der Waals surface area contributed by atoms with Crippen LogP contribution < -0.4 is 9.47 Å². The number of carboxylic acids is 1. The Morgan fingerprint density at radius 2 is 2.31 bits per heavy atom. The van der Waals surface area contributed by atoms with E-state index < -0.39 is 11.8 Å². The Kier molecular flexibility index (Phi) is 3.00. The van der Waals surface area contributed by atoms with Crippen LogP contribution in [0, 0.1) is 5.82 Å². The minimum Gasteiger partial charge on any atom is -0.481 e. The Bertz CT molecular complexity index is 447. The molecule has 0 radical (unpaired) electrons. The summed E-state index contributed by atoms with van der Waals surface area (Å²) in [4.78, 5) is 10.4. The molecule has 1 aromatic carbocycles. The Labute approximate surface area is 99.1 Å². The van der Waals surface area contributed by atoms with Crippen molar-refractivity contribution >= 4 is 21.9 Å². The van der Waals surface area contributed by atoms with Crippen LogP contribution in [-0.2, 0) is 11.2 Å². The average Bonchev–Trinajstić information content (AvgIpc) is 2.64. The van der Waals surface area contributed by atoms with Gasteiger partial charge in [-0.25, -0.2) is 4.39 Å². The van der Waals surface area contributed by atoms with Crippen molar-refractivity contribution < 1.29 is 23.8 Å². The number of hydrogen-bond donors (Lipinski definition) is 1. The van der Waals surface area contributed by atoms with E-state index in [2.05, 4.69) is 15.9 Å². The predicted molar refractivity (Wildman–Crippen MR) is 56.2 cm³/mol. The molecule has 1 aliphatic rings. The van der Waals surface area contributed by atoms with Gasteiger partial charge in [0.2, 0.25) is 6.79 Å². The third-order valence-corrected chi connectivity index (χ3v) is 3.08. The summed E-state index contributed by atoms with van der Waals surface area (Å²) in [5, 5.41) is 8.56. The Morgan fingerprint density at radius 3 is 3.00 bits per heavy atom. The second kappa shape index (κ2) is 4.29. The monoisotopic (exact) mass is 290 g/mol. The van der Waals surface area contributed by atoms with E-state index in [9.17, 15) is 9.18 Å². The molecule has 2 rings (SSSR count). The van der Waals surface area contributed by atoms with Gasteiger partial charge in [-0.1, -0.05) is 0 Å². The van der Waals surface area contributed by atoms with Crippen molar-refractivity contribution in [3.8, 4) is 11.5 Å². The van der Waals surface area contributed by atoms with E-state index in [0.717, 1.165) is 0 Å². The van der Waals surface area contributed by atoms with Gasteiger partial charge >= 0.3 is 5.97 Å². The van der Waals surface area contributed by atoms with Crippen LogP contribution in [0.1, 0.15) is 12.0 Å². The molecule has 16 heavy (non-hydrogen) atoms. The fraction of sp³-hybridized carbons (Fsp3) is 0.300. The van der Waals surface area contributed by atoms with Gasteiger partial charge in [-0.05, 0) is 22.4 Å². The van der Waals surface area contributed by atoms with Crippen molar-refractivity contribution in [1.82, 2.24) is 0 Å². The fourth-order valence-electron chi connectivity index (χ4n) is 1.47. The summed E-state index contributed by atoms with van der Waals surface area (Å²) < 4.78 is 24.2. The van der Waals surface area contributed by atoms with Gasteiger partial charge in [0.05, 0.1) is 4.47 Å². The van der Waals surface area contributed by atoms with Crippen LogP contribution in [0.3, 0.4) is 0 Å². The zero-order valence-electron chi connectivity index (χ0n) is 8.13. The van der Waals surface area contributed by atoms with Gasteiger partial charge in [-0.15, -0.1) is 0 Å². The first kappa shape index (κ1) is 11.2. The summed E-state index contributed by atoms with van der Waals surface area (Å²) in [6, 6.07) is 1.21. The summed E-state index contributed by atoms with van der Waals surface area (Å²) in [6.45, 7) is 0.0513. The lowest BCUT2D eigenvalue weighted by Gasteiger charge is -2.07. The molecule has 0 amide bonds. The molecule has 0 unspecified atom stereocenters. The number of benzene rings is 1. The predicted octanol–water partition coefficient (Wildman–Crippen LogP) is 2.33. The van der Waals surface area contributed by atoms with Crippen LogP contribution in [0.5, 0.6) is 11.5 Å². The van der Waals surface area contributed by atoms with Crippen LogP contribution in [0.4, 0.5) is 4.39 Å². The molecule has 0 bridgehead atoms. The minimum absolute atomic E-state index is 0.0513. The van der Waals surface area contributed by atoms with E-state index >= 15 is 0 Å². The number of rotatable bonds is 3. The molecule has 0 spiro atoms. The number of carboxylic acid groups (broad SMARTS) is 1. The fourth-order valence-corrected chi connectivity index (χ4v) is 2.17. The zero-order valence-corrected chi connectivity index (χ0v) is 9.71. The molecular formula is C10H8BrFO4. The van der Waals surface area contributed by atoms with Crippen molar-refractivity contribution in [2.45, 2.75) is 12.8 Å². The maximum absolute atomic E-state index is 13.6. The molecule has 0 aliphatic carbocycles. The largest absolute Gasteiger partial charge is 0.481 e. The smallest absolute Gasteiger partial charge is 0.303 e. The lowest BCUT2D eigenvalue weighted by atomic mass is 10.1. The molecule has 0 atom stereocenters. The summed E-state index contributed by atoms with van der Waals surface area (Å²) in [5.74, 6) is -0.688. The zero-order chi connectivity index (χ0) is 11.7. The van der Waals surface area contributed by atoms with Crippen LogP contribution in [0.25, 0.3) is 0 Å². The van der Waals surface area contributed by atoms with Gasteiger partial charge in [0.15, 0.2) is 11.5 Å². The molecule has 0 aromatic heterocycles. The Balaban J connectivity index is 2.34. The van der Waals surface area contributed by atoms with Crippen LogP contribution >= 0.6 is 15.9 Å². The number of fused-ring (bicyclic) bond motifs is 1. The third-order valence-electron chi connectivity index (χ3n) is 2.24. The highest BCUT2D eigenvalue weighted by Crippen LogP contribution is 2.42.